The second-order valence-electron chi connectivity index (χ2n) is 5.89. The molecule has 1 N–H and O–H groups in total. The Hall–Kier alpha value is -1.69. The van der Waals surface area contributed by atoms with Gasteiger partial charge in [0.2, 0.25) is 5.91 Å². The highest BCUT2D eigenvalue weighted by molar-refractivity contribution is 7.09. The van der Waals surface area contributed by atoms with Crippen LogP contribution >= 0.6 is 11.3 Å². The molecule has 4 unspecified atom stereocenters. The average Bonchev–Trinajstić information content (AvgIpc) is 3.13. The van der Waals surface area contributed by atoms with E-state index < -0.39 is 17.8 Å². The molecule has 2 aliphatic carbocycles. The van der Waals surface area contributed by atoms with Gasteiger partial charge >= 0.3 is 5.97 Å². The summed E-state index contributed by atoms with van der Waals surface area (Å²) in [5.41, 5.74) is 2.70. The van der Waals surface area contributed by atoms with Crippen molar-refractivity contribution in [2.45, 2.75) is 19.9 Å². The molecule has 1 aromatic rings. The van der Waals surface area contributed by atoms with Crippen LogP contribution in [0.1, 0.15) is 17.0 Å². The molecule has 1 aromatic heterocycles. The Morgan fingerprint density at radius 2 is 2.05 bits per heavy atom. The van der Waals surface area contributed by atoms with Crippen LogP contribution < -0.4 is 0 Å². The zero-order valence-corrected chi connectivity index (χ0v) is 12.8. The zero-order chi connectivity index (χ0) is 15.1. The molecule has 0 saturated heterocycles. The van der Waals surface area contributed by atoms with E-state index in [2.05, 4.69) is 4.98 Å². The van der Waals surface area contributed by atoms with Crippen molar-refractivity contribution in [1.82, 2.24) is 9.88 Å². The van der Waals surface area contributed by atoms with Gasteiger partial charge < -0.3 is 10.0 Å². The number of allylic oxidation sites excluding steroid dienone is 2. The van der Waals surface area contributed by atoms with E-state index in [-0.39, 0.29) is 17.7 Å². The van der Waals surface area contributed by atoms with Crippen LogP contribution in [0.5, 0.6) is 0 Å². The number of thiazole rings is 1. The molecule has 1 amide bonds. The minimum atomic E-state index is -0.854. The van der Waals surface area contributed by atoms with Crippen LogP contribution in [0.3, 0.4) is 0 Å². The van der Waals surface area contributed by atoms with E-state index in [0.29, 0.717) is 6.54 Å². The number of nitrogens with zero attached hydrogens (tertiary/aromatic N) is 2. The van der Waals surface area contributed by atoms with Gasteiger partial charge in [-0.3, -0.25) is 9.59 Å². The lowest BCUT2D eigenvalue weighted by molar-refractivity contribution is -0.150. The molecule has 21 heavy (non-hydrogen) atoms. The number of carbonyl (C=O) groups is 2. The molecule has 5 nitrogen and oxygen atoms in total. The quantitative estimate of drug-likeness (QED) is 0.863. The summed E-state index contributed by atoms with van der Waals surface area (Å²) < 4.78 is 0. The number of rotatable bonds is 4. The number of carboxylic acids is 1. The molecule has 3 rings (SSSR count). The molecule has 6 heteroatoms. The van der Waals surface area contributed by atoms with E-state index in [0.717, 1.165) is 17.0 Å². The summed E-state index contributed by atoms with van der Waals surface area (Å²) in [6.45, 7) is 2.42. The molecular formula is C15H18N2O3S. The predicted octanol–water partition coefficient (Wildman–Crippen LogP) is 1.93. The largest absolute Gasteiger partial charge is 0.481 e. The minimum Gasteiger partial charge on any atom is -0.481 e. The number of hydrogen-bond donors (Lipinski definition) is 1. The Labute approximate surface area is 127 Å². The van der Waals surface area contributed by atoms with Gasteiger partial charge in [0.1, 0.15) is 0 Å². The highest BCUT2D eigenvalue weighted by Gasteiger charge is 2.52. The van der Waals surface area contributed by atoms with E-state index in [4.69, 9.17) is 0 Å². The van der Waals surface area contributed by atoms with E-state index in [9.17, 15) is 14.7 Å². The highest BCUT2D eigenvalue weighted by atomic mass is 32.1. The number of carbonyl (C=O) groups excluding carboxylic acids is 1. The normalized spacial score (nSPS) is 29.8. The summed E-state index contributed by atoms with van der Waals surface area (Å²) in [6, 6.07) is 0. The van der Waals surface area contributed by atoms with Crippen molar-refractivity contribution in [1.29, 1.82) is 0 Å². The highest BCUT2D eigenvalue weighted by Crippen LogP contribution is 2.48. The lowest BCUT2D eigenvalue weighted by Crippen LogP contribution is -2.40. The smallest absolute Gasteiger partial charge is 0.307 e. The van der Waals surface area contributed by atoms with Crippen LogP contribution in [0.4, 0.5) is 0 Å². The summed E-state index contributed by atoms with van der Waals surface area (Å²) in [7, 11) is 1.75. The van der Waals surface area contributed by atoms with Crippen LogP contribution in [0.15, 0.2) is 17.7 Å². The van der Waals surface area contributed by atoms with Gasteiger partial charge in [-0.05, 0) is 25.2 Å². The van der Waals surface area contributed by atoms with Crippen molar-refractivity contribution in [3.05, 3.63) is 28.2 Å². The maximum Gasteiger partial charge on any atom is 0.307 e. The zero-order valence-electron chi connectivity index (χ0n) is 12.0. The molecule has 1 fully saturated rings. The average molecular weight is 306 g/mol. The lowest BCUT2D eigenvalue weighted by atomic mass is 9.82. The molecule has 112 valence electrons. The first-order chi connectivity index (χ1) is 9.99. The van der Waals surface area contributed by atoms with Gasteiger partial charge in [-0.15, -0.1) is 11.3 Å². The van der Waals surface area contributed by atoms with Gasteiger partial charge in [0.25, 0.3) is 0 Å². The van der Waals surface area contributed by atoms with Crippen molar-refractivity contribution in [3.63, 3.8) is 0 Å². The Kier molecular flexibility index (Phi) is 3.57. The molecule has 2 bridgehead atoms. The van der Waals surface area contributed by atoms with E-state index in [1.807, 2.05) is 19.1 Å². The molecule has 0 spiro atoms. The number of hydrogen-bond acceptors (Lipinski definition) is 4. The van der Waals surface area contributed by atoms with Crippen molar-refractivity contribution in [3.8, 4) is 0 Å². The Balaban J connectivity index is 1.76. The maximum atomic E-state index is 12.7. The molecule has 2 aliphatic rings. The number of aryl methyl sites for hydroxylation is 1. The molecule has 4 atom stereocenters. The fourth-order valence-electron chi connectivity index (χ4n) is 3.52. The molecule has 0 radical (unpaired) electrons. The number of carboxylic acid groups (broad SMARTS) is 1. The summed E-state index contributed by atoms with van der Waals surface area (Å²) in [5.74, 6) is -1.82. The standard InChI is InChI=1S/C15H18N2O3S/c1-8-11(21-7-16-8)6-17(2)14(18)12-9-3-4-10(5-9)13(12)15(19)20/h3-4,7,9-10,12-13H,5-6H2,1-2H3,(H,19,20). The van der Waals surface area contributed by atoms with Gasteiger partial charge in [-0.2, -0.15) is 0 Å². The van der Waals surface area contributed by atoms with Crippen LogP contribution in [0.25, 0.3) is 0 Å². The second kappa shape index (κ2) is 5.26. The molecule has 0 aromatic carbocycles. The summed E-state index contributed by atoms with van der Waals surface area (Å²) in [6.07, 6.45) is 4.76. The van der Waals surface area contributed by atoms with Crippen LogP contribution in [0.2, 0.25) is 0 Å². The Morgan fingerprint density at radius 3 is 2.62 bits per heavy atom. The lowest BCUT2D eigenvalue weighted by Gasteiger charge is -2.28. The third-order valence-electron chi connectivity index (χ3n) is 4.63. The third kappa shape index (κ3) is 2.37. The van der Waals surface area contributed by atoms with Crippen molar-refractivity contribution >= 4 is 23.2 Å². The topological polar surface area (TPSA) is 70.5 Å². The fraction of sp³-hybridized carbons (Fsp3) is 0.533. The molecule has 1 saturated carbocycles. The third-order valence-corrected chi connectivity index (χ3v) is 5.55. The van der Waals surface area contributed by atoms with Gasteiger partial charge in [0, 0.05) is 11.9 Å². The summed E-state index contributed by atoms with van der Waals surface area (Å²) in [4.78, 5) is 31.1. The first-order valence-corrected chi connectivity index (χ1v) is 7.92. The van der Waals surface area contributed by atoms with Crippen molar-refractivity contribution in [2.24, 2.45) is 23.7 Å². The van der Waals surface area contributed by atoms with Gasteiger partial charge in [0.05, 0.1) is 29.6 Å². The monoisotopic (exact) mass is 306 g/mol. The predicted molar refractivity (Wildman–Crippen MR) is 78.7 cm³/mol. The summed E-state index contributed by atoms with van der Waals surface area (Å²) in [5, 5.41) is 9.42. The number of amides is 1. The molecule has 0 aliphatic heterocycles. The molecule has 1 heterocycles. The van der Waals surface area contributed by atoms with Crippen LogP contribution in [-0.4, -0.2) is 33.9 Å². The second-order valence-corrected chi connectivity index (χ2v) is 6.83. The Morgan fingerprint density at radius 1 is 1.38 bits per heavy atom. The summed E-state index contributed by atoms with van der Waals surface area (Å²) >= 11 is 1.52. The minimum absolute atomic E-state index is 0.0139. The van der Waals surface area contributed by atoms with E-state index in [1.54, 1.807) is 17.5 Å². The van der Waals surface area contributed by atoms with Crippen molar-refractivity contribution < 1.29 is 14.7 Å². The van der Waals surface area contributed by atoms with Gasteiger partial charge in [-0.1, -0.05) is 12.2 Å². The number of fused-ring (bicyclic) bond motifs is 2. The number of aliphatic carboxylic acids is 1. The Bertz CT molecular complexity index is 610. The van der Waals surface area contributed by atoms with Crippen LogP contribution in [0, 0.1) is 30.6 Å². The maximum absolute atomic E-state index is 12.7. The number of aromatic nitrogens is 1. The van der Waals surface area contributed by atoms with Crippen molar-refractivity contribution in [2.75, 3.05) is 7.05 Å². The molecular weight excluding hydrogens is 288 g/mol. The van der Waals surface area contributed by atoms with E-state index >= 15 is 0 Å². The first-order valence-electron chi connectivity index (χ1n) is 7.04. The SMILES string of the molecule is Cc1ncsc1CN(C)C(=O)C1C2C=CC(C2)C1C(=O)O. The van der Waals surface area contributed by atoms with Gasteiger partial charge in [-0.25, -0.2) is 4.98 Å². The first kappa shape index (κ1) is 14.3. The van der Waals surface area contributed by atoms with Gasteiger partial charge in [0.15, 0.2) is 0 Å². The van der Waals surface area contributed by atoms with E-state index in [1.165, 1.54) is 11.3 Å². The van der Waals surface area contributed by atoms with Crippen LogP contribution in [-0.2, 0) is 16.1 Å². The fourth-order valence-corrected chi connectivity index (χ4v) is 4.35.